The van der Waals surface area contributed by atoms with Crippen molar-refractivity contribution in [2.24, 2.45) is 0 Å². The average molecular weight is 408 g/mol. The Labute approximate surface area is 177 Å². The quantitative estimate of drug-likeness (QED) is 0.408. The Morgan fingerprint density at radius 2 is 1.20 bits per heavy atom. The van der Waals surface area contributed by atoms with Crippen LogP contribution in [-0.4, -0.2) is 32.1 Å². The molecule has 0 aromatic heterocycles. The first-order valence-electron chi connectivity index (χ1n) is 10.1. The van der Waals surface area contributed by atoms with Gasteiger partial charge >= 0.3 is 0 Å². The largest absolute Gasteiger partial charge is 0.492 e. The zero-order valence-corrected chi connectivity index (χ0v) is 17.7. The van der Waals surface area contributed by atoms with Crippen LogP contribution in [0.4, 0.5) is 8.78 Å². The van der Waals surface area contributed by atoms with Gasteiger partial charge in [-0.15, -0.1) is 0 Å². The molecule has 0 amide bonds. The molecule has 0 N–H and O–H groups in total. The Balaban J connectivity index is 2.03. The fourth-order valence-corrected chi connectivity index (χ4v) is 3.37. The van der Waals surface area contributed by atoms with Crippen LogP contribution in [0.25, 0.3) is 11.1 Å². The Morgan fingerprint density at radius 3 is 1.67 bits per heavy atom. The van der Waals surface area contributed by atoms with E-state index in [-0.39, 0.29) is 11.6 Å². The third kappa shape index (κ3) is 5.55. The summed E-state index contributed by atoms with van der Waals surface area (Å²) in [5.41, 5.74) is 4.94. The minimum absolute atomic E-state index is 0.267. The van der Waals surface area contributed by atoms with Gasteiger partial charge in [0.1, 0.15) is 24.0 Å². The van der Waals surface area contributed by atoms with E-state index >= 15 is 0 Å². The van der Waals surface area contributed by atoms with Crippen LogP contribution in [0.15, 0.2) is 72.8 Å². The van der Waals surface area contributed by atoms with E-state index in [0.717, 1.165) is 46.6 Å². The lowest BCUT2D eigenvalue weighted by atomic mass is 9.88. The second-order valence-corrected chi connectivity index (χ2v) is 7.40. The standard InChI is InChI=1S/C26H27F2NO/c1-4-25(19-5-11-22(27)12-6-19)26(20-7-13-23(28)14-8-20)21-9-15-24(16-10-21)30-18-17-29(2)3/h5-16H,4,17-18H2,1-3H3. The molecule has 0 fully saturated rings. The molecular formula is C26H27F2NO. The number of benzene rings is 3. The van der Waals surface area contributed by atoms with Crippen molar-refractivity contribution >= 4 is 11.1 Å². The molecule has 3 aromatic rings. The predicted octanol–water partition coefficient (Wildman–Crippen LogP) is 6.27. The summed E-state index contributed by atoms with van der Waals surface area (Å²) in [5.74, 6) is 0.262. The molecule has 0 unspecified atom stereocenters. The maximum absolute atomic E-state index is 13.6. The van der Waals surface area contributed by atoms with Crippen molar-refractivity contribution in [1.82, 2.24) is 4.90 Å². The summed E-state index contributed by atoms with van der Waals surface area (Å²) >= 11 is 0. The average Bonchev–Trinajstić information content (AvgIpc) is 2.74. The summed E-state index contributed by atoms with van der Waals surface area (Å²) in [7, 11) is 4.02. The first-order valence-corrected chi connectivity index (χ1v) is 10.1. The highest BCUT2D eigenvalue weighted by Gasteiger charge is 2.14. The molecule has 2 nitrogen and oxygen atoms in total. The van der Waals surface area contributed by atoms with Gasteiger partial charge in [-0.3, -0.25) is 0 Å². The van der Waals surface area contributed by atoms with Crippen molar-refractivity contribution in [2.75, 3.05) is 27.2 Å². The van der Waals surface area contributed by atoms with E-state index in [4.69, 9.17) is 4.74 Å². The Hall–Kier alpha value is -2.98. The third-order valence-corrected chi connectivity index (χ3v) is 4.93. The fourth-order valence-electron chi connectivity index (χ4n) is 3.37. The Morgan fingerprint density at radius 1 is 0.733 bits per heavy atom. The minimum atomic E-state index is -0.275. The Kier molecular flexibility index (Phi) is 7.36. The van der Waals surface area contributed by atoms with Gasteiger partial charge in [0, 0.05) is 6.54 Å². The summed E-state index contributed by atoms with van der Waals surface area (Å²) in [6.45, 7) is 3.52. The molecule has 3 rings (SSSR count). The maximum atomic E-state index is 13.6. The predicted molar refractivity (Wildman–Crippen MR) is 119 cm³/mol. The topological polar surface area (TPSA) is 12.5 Å². The number of ether oxygens (including phenoxy) is 1. The molecule has 3 aromatic carbocycles. The maximum Gasteiger partial charge on any atom is 0.123 e. The van der Waals surface area contributed by atoms with Crippen LogP contribution >= 0.6 is 0 Å². The van der Waals surface area contributed by atoms with Gasteiger partial charge in [0.15, 0.2) is 0 Å². The Bertz CT molecular complexity index is 975. The lowest BCUT2D eigenvalue weighted by Gasteiger charge is -2.17. The molecule has 0 spiro atoms. The second kappa shape index (κ2) is 10.2. The number of rotatable bonds is 8. The first kappa shape index (κ1) is 21.7. The monoisotopic (exact) mass is 407 g/mol. The molecule has 0 bridgehead atoms. The fraction of sp³-hybridized carbons (Fsp3) is 0.231. The van der Waals surface area contributed by atoms with Gasteiger partial charge < -0.3 is 9.64 Å². The number of allylic oxidation sites excluding steroid dienone is 1. The molecule has 0 saturated carbocycles. The number of likely N-dealkylation sites (N-methyl/N-ethyl adjacent to an activating group) is 1. The number of halogens is 2. The van der Waals surface area contributed by atoms with E-state index in [1.807, 2.05) is 38.4 Å². The van der Waals surface area contributed by atoms with Crippen molar-refractivity contribution in [3.05, 3.63) is 101 Å². The molecule has 156 valence electrons. The van der Waals surface area contributed by atoms with Gasteiger partial charge in [-0.2, -0.15) is 0 Å². The molecule has 4 heteroatoms. The summed E-state index contributed by atoms with van der Waals surface area (Å²) in [5, 5.41) is 0. The lowest BCUT2D eigenvalue weighted by Crippen LogP contribution is -2.19. The van der Waals surface area contributed by atoms with E-state index in [1.165, 1.54) is 24.3 Å². The zero-order valence-electron chi connectivity index (χ0n) is 17.7. The van der Waals surface area contributed by atoms with Crippen LogP contribution in [0.5, 0.6) is 5.75 Å². The van der Waals surface area contributed by atoms with Gasteiger partial charge in [0.25, 0.3) is 0 Å². The first-order chi connectivity index (χ1) is 14.5. The molecule has 0 heterocycles. The third-order valence-electron chi connectivity index (χ3n) is 4.93. The van der Waals surface area contributed by atoms with E-state index in [9.17, 15) is 8.78 Å². The van der Waals surface area contributed by atoms with Crippen LogP contribution in [-0.2, 0) is 0 Å². The molecule has 0 saturated heterocycles. The van der Waals surface area contributed by atoms with Crippen LogP contribution in [0.2, 0.25) is 0 Å². The molecule has 0 atom stereocenters. The van der Waals surface area contributed by atoms with Crippen LogP contribution in [0.1, 0.15) is 30.0 Å². The highest BCUT2D eigenvalue weighted by atomic mass is 19.1. The molecule has 0 radical (unpaired) electrons. The van der Waals surface area contributed by atoms with E-state index < -0.39 is 0 Å². The van der Waals surface area contributed by atoms with Crippen molar-refractivity contribution in [3.8, 4) is 5.75 Å². The van der Waals surface area contributed by atoms with Crippen molar-refractivity contribution in [1.29, 1.82) is 0 Å². The molecular weight excluding hydrogens is 380 g/mol. The van der Waals surface area contributed by atoms with Crippen LogP contribution in [0, 0.1) is 11.6 Å². The zero-order chi connectivity index (χ0) is 21.5. The summed E-state index contributed by atoms with van der Waals surface area (Å²) < 4.78 is 32.8. The number of nitrogens with zero attached hydrogens (tertiary/aromatic N) is 1. The number of hydrogen-bond acceptors (Lipinski definition) is 2. The van der Waals surface area contributed by atoms with Gasteiger partial charge in [0.2, 0.25) is 0 Å². The van der Waals surface area contributed by atoms with E-state index in [2.05, 4.69) is 11.8 Å². The van der Waals surface area contributed by atoms with Crippen LogP contribution < -0.4 is 4.74 Å². The van der Waals surface area contributed by atoms with E-state index in [0.29, 0.717) is 6.61 Å². The summed E-state index contributed by atoms with van der Waals surface area (Å²) in [6.07, 6.45) is 0.749. The smallest absolute Gasteiger partial charge is 0.123 e. The highest BCUT2D eigenvalue weighted by molar-refractivity contribution is 5.98. The second-order valence-electron chi connectivity index (χ2n) is 7.40. The van der Waals surface area contributed by atoms with E-state index in [1.54, 1.807) is 24.3 Å². The van der Waals surface area contributed by atoms with Gasteiger partial charge in [0.05, 0.1) is 0 Å². The molecule has 0 aliphatic rings. The van der Waals surface area contributed by atoms with Gasteiger partial charge in [-0.1, -0.05) is 43.3 Å². The normalized spacial score (nSPS) is 12.1. The molecule has 0 aliphatic heterocycles. The van der Waals surface area contributed by atoms with Crippen molar-refractivity contribution in [3.63, 3.8) is 0 Å². The minimum Gasteiger partial charge on any atom is -0.492 e. The SMILES string of the molecule is CCC(=C(c1ccc(F)cc1)c1ccc(OCCN(C)C)cc1)c1ccc(F)cc1. The van der Waals surface area contributed by atoms with Crippen molar-refractivity contribution < 1.29 is 13.5 Å². The number of hydrogen-bond donors (Lipinski definition) is 0. The van der Waals surface area contributed by atoms with Crippen molar-refractivity contribution in [2.45, 2.75) is 13.3 Å². The highest BCUT2D eigenvalue weighted by Crippen LogP contribution is 2.35. The summed E-state index contributed by atoms with van der Waals surface area (Å²) in [6, 6.07) is 20.9. The van der Waals surface area contributed by atoms with Crippen LogP contribution in [0.3, 0.4) is 0 Å². The lowest BCUT2D eigenvalue weighted by molar-refractivity contribution is 0.261. The van der Waals surface area contributed by atoms with Gasteiger partial charge in [-0.25, -0.2) is 8.78 Å². The molecule has 0 aliphatic carbocycles. The summed E-state index contributed by atoms with van der Waals surface area (Å²) in [4.78, 5) is 2.07. The molecule has 30 heavy (non-hydrogen) atoms. The van der Waals surface area contributed by atoms with Gasteiger partial charge in [-0.05, 0) is 84.8 Å².